The molecular weight excluding hydrogens is 370 g/mol. The molecule has 0 radical (unpaired) electrons. The van der Waals surface area contributed by atoms with E-state index in [-0.39, 0.29) is 5.54 Å². The summed E-state index contributed by atoms with van der Waals surface area (Å²) < 4.78 is 0. The van der Waals surface area contributed by atoms with Crippen LogP contribution >= 0.6 is 22.7 Å². The molecule has 4 rings (SSSR count). The van der Waals surface area contributed by atoms with Crippen molar-refractivity contribution in [1.29, 1.82) is 0 Å². The zero-order valence-electron chi connectivity index (χ0n) is 15.9. The van der Waals surface area contributed by atoms with Crippen LogP contribution in [0.25, 0.3) is 0 Å². The lowest BCUT2D eigenvalue weighted by molar-refractivity contribution is 0.0908. The normalized spacial score (nSPS) is 19.3. The summed E-state index contributed by atoms with van der Waals surface area (Å²) in [5.41, 5.74) is 2.63. The summed E-state index contributed by atoms with van der Waals surface area (Å²) in [5, 5.41) is 14.6. The van der Waals surface area contributed by atoms with Crippen LogP contribution in [0.4, 0.5) is 0 Å². The van der Waals surface area contributed by atoms with Crippen LogP contribution in [0, 0.1) is 0 Å². The fourth-order valence-electron chi connectivity index (χ4n) is 4.29. The number of nitrogens with zero attached hydrogens (tertiary/aromatic N) is 1. The topological polar surface area (TPSA) is 23.5 Å². The van der Waals surface area contributed by atoms with Gasteiger partial charge in [0.2, 0.25) is 0 Å². The third-order valence-electron chi connectivity index (χ3n) is 5.91. The minimum atomic E-state index is 0.148. The number of hydrogen-bond donors (Lipinski definition) is 1. The van der Waals surface area contributed by atoms with Crippen LogP contribution in [0.5, 0.6) is 5.75 Å². The van der Waals surface area contributed by atoms with Crippen LogP contribution < -0.4 is 0 Å². The monoisotopic (exact) mass is 397 g/mol. The first-order valence-electron chi connectivity index (χ1n) is 9.74. The molecular formula is C23H27NOS2. The van der Waals surface area contributed by atoms with E-state index in [4.69, 9.17) is 0 Å². The Bertz CT molecular complexity index is 818. The summed E-state index contributed by atoms with van der Waals surface area (Å²) in [6.07, 6.45) is 5.32. The van der Waals surface area contributed by atoms with Crippen LogP contribution in [-0.2, 0) is 25.7 Å². The molecule has 0 saturated heterocycles. The van der Waals surface area contributed by atoms with E-state index in [0.29, 0.717) is 5.75 Å². The first kappa shape index (κ1) is 18.7. The molecule has 0 spiro atoms. The molecule has 1 aliphatic rings. The number of phenolic OH excluding ortho intramolecular Hbond substituents is 1. The molecule has 0 fully saturated rings. The Labute approximate surface area is 170 Å². The van der Waals surface area contributed by atoms with Gasteiger partial charge in [0.25, 0.3) is 0 Å². The highest BCUT2D eigenvalue weighted by molar-refractivity contribution is 7.10. The largest absolute Gasteiger partial charge is 0.508 e. The highest BCUT2D eigenvalue weighted by Gasteiger charge is 2.36. The van der Waals surface area contributed by atoms with E-state index in [1.54, 1.807) is 0 Å². The van der Waals surface area contributed by atoms with E-state index in [9.17, 15) is 5.11 Å². The quantitative estimate of drug-likeness (QED) is 0.565. The first-order chi connectivity index (χ1) is 13.1. The summed E-state index contributed by atoms with van der Waals surface area (Å²) in [6.45, 7) is 4.61. The van der Waals surface area contributed by atoms with Crippen molar-refractivity contribution in [3.05, 3.63) is 74.1 Å². The molecule has 0 aliphatic heterocycles. The van der Waals surface area contributed by atoms with Crippen molar-refractivity contribution in [1.82, 2.24) is 4.90 Å². The third-order valence-corrected chi connectivity index (χ3v) is 7.79. The predicted molar refractivity (Wildman–Crippen MR) is 116 cm³/mol. The predicted octanol–water partition coefficient (Wildman–Crippen LogP) is 5.55. The van der Waals surface area contributed by atoms with Gasteiger partial charge >= 0.3 is 0 Å². The molecule has 2 heterocycles. The van der Waals surface area contributed by atoms with Gasteiger partial charge in [-0.25, -0.2) is 0 Å². The van der Waals surface area contributed by atoms with Crippen LogP contribution in [0.3, 0.4) is 0 Å². The summed E-state index contributed by atoms with van der Waals surface area (Å²) in [7, 11) is 0. The average molecular weight is 398 g/mol. The molecule has 0 saturated carbocycles. The number of phenols is 1. The lowest BCUT2D eigenvalue weighted by Gasteiger charge is -2.45. The van der Waals surface area contributed by atoms with Crippen molar-refractivity contribution < 1.29 is 5.11 Å². The maximum atomic E-state index is 10.2. The standard InChI is InChI=1S/C23H27NOS2/c1-23(12-9-21-18(17-23)5-2-8-22(21)25)24(13-10-19-6-3-15-26-19)14-11-20-7-4-16-27-20/h2-8,15-16,25H,9-14,17H2,1H3/t23-/m0/s1. The maximum absolute atomic E-state index is 10.2. The SMILES string of the molecule is C[C@]1(N(CCc2cccs2)CCc2cccs2)CCc2c(O)cccc2C1. The molecule has 1 aromatic carbocycles. The van der Waals surface area contributed by atoms with Gasteiger partial charge in [-0.15, -0.1) is 22.7 Å². The fraction of sp³-hybridized carbons (Fsp3) is 0.391. The lowest BCUT2D eigenvalue weighted by Crippen LogP contribution is -2.51. The van der Waals surface area contributed by atoms with Crippen molar-refractivity contribution in [2.75, 3.05) is 13.1 Å². The Morgan fingerprint density at radius 2 is 1.63 bits per heavy atom. The number of hydrogen-bond acceptors (Lipinski definition) is 4. The Hall–Kier alpha value is -1.62. The van der Waals surface area contributed by atoms with E-state index < -0.39 is 0 Å². The summed E-state index contributed by atoms with van der Waals surface area (Å²) >= 11 is 3.72. The Balaban J connectivity index is 1.52. The van der Waals surface area contributed by atoms with E-state index in [2.05, 4.69) is 52.9 Å². The van der Waals surface area contributed by atoms with Gasteiger partial charge in [-0.2, -0.15) is 0 Å². The number of benzene rings is 1. The third kappa shape index (κ3) is 4.29. The summed E-state index contributed by atoms with van der Waals surface area (Å²) in [4.78, 5) is 5.64. The van der Waals surface area contributed by atoms with Crippen molar-refractivity contribution in [2.24, 2.45) is 0 Å². The second-order valence-electron chi connectivity index (χ2n) is 7.73. The van der Waals surface area contributed by atoms with Gasteiger partial charge in [-0.05, 0) is 79.1 Å². The molecule has 1 N–H and O–H groups in total. The minimum absolute atomic E-state index is 0.148. The highest BCUT2D eigenvalue weighted by Crippen LogP contribution is 2.37. The molecule has 27 heavy (non-hydrogen) atoms. The van der Waals surface area contributed by atoms with E-state index >= 15 is 0 Å². The van der Waals surface area contributed by atoms with E-state index in [0.717, 1.165) is 50.8 Å². The van der Waals surface area contributed by atoms with Crippen LogP contribution in [0.15, 0.2) is 53.2 Å². The van der Waals surface area contributed by atoms with Gasteiger partial charge in [0, 0.05) is 28.4 Å². The summed E-state index contributed by atoms with van der Waals surface area (Å²) in [5.74, 6) is 0.471. The smallest absolute Gasteiger partial charge is 0.119 e. The zero-order chi connectivity index (χ0) is 18.7. The fourth-order valence-corrected chi connectivity index (χ4v) is 5.69. The van der Waals surface area contributed by atoms with Gasteiger partial charge in [0.1, 0.15) is 5.75 Å². The number of rotatable bonds is 7. The van der Waals surface area contributed by atoms with Gasteiger partial charge in [0.05, 0.1) is 0 Å². The minimum Gasteiger partial charge on any atom is -0.508 e. The van der Waals surface area contributed by atoms with Gasteiger partial charge in [-0.3, -0.25) is 4.90 Å². The van der Waals surface area contributed by atoms with Crippen molar-refractivity contribution in [3.8, 4) is 5.75 Å². The van der Waals surface area contributed by atoms with Crippen LogP contribution in [0.2, 0.25) is 0 Å². The molecule has 1 aliphatic carbocycles. The molecule has 2 aromatic heterocycles. The number of fused-ring (bicyclic) bond motifs is 1. The highest BCUT2D eigenvalue weighted by atomic mass is 32.1. The zero-order valence-corrected chi connectivity index (χ0v) is 17.5. The summed E-state index contributed by atoms with van der Waals surface area (Å²) in [6, 6.07) is 14.8. The molecule has 0 amide bonds. The second-order valence-corrected chi connectivity index (χ2v) is 9.80. The van der Waals surface area contributed by atoms with Crippen molar-refractivity contribution in [3.63, 3.8) is 0 Å². The van der Waals surface area contributed by atoms with Gasteiger partial charge < -0.3 is 5.11 Å². The lowest BCUT2D eigenvalue weighted by atomic mass is 9.77. The number of aromatic hydroxyl groups is 1. The maximum Gasteiger partial charge on any atom is 0.119 e. The molecule has 0 bridgehead atoms. The molecule has 2 nitrogen and oxygen atoms in total. The molecule has 0 unspecified atom stereocenters. The van der Waals surface area contributed by atoms with Crippen molar-refractivity contribution in [2.45, 2.75) is 44.6 Å². The molecule has 142 valence electrons. The van der Waals surface area contributed by atoms with Gasteiger partial charge in [-0.1, -0.05) is 24.3 Å². The van der Waals surface area contributed by atoms with E-state index in [1.165, 1.54) is 15.3 Å². The molecule has 1 atom stereocenters. The second kappa shape index (κ2) is 8.17. The molecule has 4 heteroatoms. The van der Waals surface area contributed by atoms with Crippen LogP contribution in [-0.4, -0.2) is 28.6 Å². The average Bonchev–Trinajstić information content (AvgIpc) is 3.35. The van der Waals surface area contributed by atoms with Crippen LogP contribution in [0.1, 0.15) is 34.2 Å². The Morgan fingerprint density at radius 3 is 2.22 bits per heavy atom. The van der Waals surface area contributed by atoms with Gasteiger partial charge in [0.15, 0.2) is 0 Å². The number of thiophene rings is 2. The Kier molecular flexibility index (Phi) is 5.67. The Morgan fingerprint density at radius 1 is 0.963 bits per heavy atom. The van der Waals surface area contributed by atoms with E-state index in [1.807, 2.05) is 34.8 Å². The first-order valence-corrected chi connectivity index (χ1v) is 11.5. The molecule has 3 aromatic rings. The van der Waals surface area contributed by atoms with Crippen molar-refractivity contribution >= 4 is 22.7 Å².